The summed E-state index contributed by atoms with van der Waals surface area (Å²) in [6.07, 6.45) is 0. The van der Waals surface area contributed by atoms with Crippen molar-refractivity contribution in [2.75, 3.05) is 5.32 Å². The van der Waals surface area contributed by atoms with Gasteiger partial charge in [0.25, 0.3) is 0 Å². The van der Waals surface area contributed by atoms with Crippen LogP contribution >= 0.6 is 0 Å². The van der Waals surface area contributed by atoms with E-state index in [2.05, 4.69) is 20.8 Å². The molecule has 2 aromatic heterocycles. The largest absolute Gasteiger partial charge is 0.420 e. The van der Waals surface area contributed by atoms with E-state index in [9.17, 15) is 9.59 Å². The molecule has 1 N–H and O–H groups in total. The van der Waals surface area contributed by atoms with Gasteiger partial charge in [-0.3, -0.25) is 9.36 Å². The smallest absolute Gasteiger partial charge is 0.408 e. The average molecular weight is 364 g/mol. The molecule has 0 aliphatic heterocycles. The maximum absolute atomic E-state index is 12.7. The van der Waals surface area contributed by atoms with Gasteiger partial charge in [0.1, 0.15) is 6.04 Å². The highest BCUT2D eigenvalue weighted by molar-refractivity contribution is 5.94. The molecule has 136 valence electrons. The molecule has 4 rings (SSSR count). The third kappa shape index (κ3) is 2.99. The molecule has 27 heavy (non-hydrogen) atoms. The monoisotopic (exact) mass is 364 g/mol. The van der Waals surface area contributed by atoms with E-state index in [1.165, 1.54) is 4.57 Å². The van der Waals surface area contributed by atoms with Crippen molar-refractivity contribution in [3.05, 3.63) is 59.1 Å². The van der Waals surface area contributed by atoms with Crippen molar-refractivity contribution in [3.8, 4) is 11.4 Å². The number of carbonyl (C=O) groups excluding carboxylic acids is 1. The Labute approximate surface area is 153 Å². The molecule has 1 unspecified atom stereocenters. The second kappa shape index (κ2) is 6.52. The summed E-state index contributed by atoms with van der Waals surface area (Å²) in [5, 5.41) is 14.2. The van der Waals surface area contributed by atoms with Gasteiger partial charge in [0, 0.05) is 18.3 Å². The molecule has 1 atom stereocenters. The first-order valence-electron chi connectivity index (χ1n) is 8.28. The van der Waals surface area contributed by atoms with E-state index in [0.717, 1.165) is 5.56 Å². The number of oxazole rings is 1. The van der Waals surface area contributed by atoms with E-state index >= 15 is 0 Å². The molecule has 9 heteroatoms. The van der Waals surface area contributed by atoms with Crippen LogP contribution in [0, 0.1) is 0 Å². The summed E-state index contributed by atoms with van der Waals surface area (Å²) >= 11 is 0. The maximum Gasteiger partial charge on any atom is 0.420 e. The maximum atomic E-state index is 12.7. The van der Waals surface area contributed by atoms with Crippen LogP contribution in [-0.2, 0) is 11.8 Å². The second-order valence-corrected chi connectivity index (χ2v) is 6.08. The number of hydrogen-bond acceptors (Lipinski definition) is 6. The number of aromatic nitrogens is 5. The topological polar surface area (TPSA) is 108 Å². The molecule has 0 saturated carbocycles. The fourth-order valence-electron chi connectivity index (χ4n) is 2.92. The van der Waals surface area contributed by atoms with Gasteiger partial charge < -0.3 is 9.73 Å². The summed E-state index contributed by atoms with van der Waals surface area (Å²) in [5.74, 6) is -0.328. The molecule has 2 aromatic carbocycles. The van der Waals surface area contributed by atoms with Crippen LogP contribution in [0.3, 0.4) is 0 Å². The van der Waals surface area contributed by atoms with Gasteiger partial charge in [-0.1, -0.05) is 24.3 Å². The Balaban J connectivity index is 1.62. The lowest BCUT2D eigenvalue weighted by Gasteiger charge is -2.13. The summed E-state index contributed by atoms with van der Waals surface area (Å²) < 4.78 is 8.08. The van der Waals surface area contributed by atoms with Gasteiger partial charge in [-0.2, -0.15) is 0 Å². The molecule has 0 radical (unpaired) electrons. The molecule has 1 amide bonds. The number of nitrogens with zero attached hydrogens (tertiary/aromatic N) is 5. The first kappa shape index (κ1) is 16.7. The van der Waals surface area contributed by atoms with Crippen molar-refractivity contribution >= 4 is 22.7 Å². The minimum atomic E-state index is -0.749. The Kier molecular flexibility index (Phi) is 4.03. The van der Waals surface area contributed by atoms with Crippen LogP contribution in [0.25, 0.3) is 22.5 Å². The SMILES string of the molecule is CC(C(=O)Nc1cccc(-c2nnnn2C)c1)n1c(=O)oc2ccccc21. The third-order valence-corrected chi connectivity index (χ3v) is 4.29. The highest BCUT2D eigenvalue weighted by atomic mass is 16.4. The Morgan fingerprint density at radius 1 is 1.19 bits per heavy atom. The minimum absolute atomic E-state index is 0.336. The lowest BCUT2D eigenvalue weighted by Crippen LogP contribution is -2.29. The summed E-state index contributed by atoms with van der Waals surface area (Å²) in [5.41, 5.74) is 2.36. The number of rotatable bonds is 4. The van der Waals surface area contributed by atoms with Crippen molar-refractivity contribution in [3.63, 3.8) is 0 Å². The molecule has 0 fully saturated rings. The zero-order valence-electron chi connectivity index (χ0n) is 14.7. The fraction of sp³-hybridized carbons (Fsp3) is 0.167. The van der Waals surface area contributed by atoms with Gasteiger partial charge in [0.15, 0.2) is 11.4 Å². The first-order valence-corrected chi connectivity index (χ1v) is 8.28. The lowest BCUT2D eigenvalue weighted by atomic mass is 10.2. The molecule has 0 saturated heterocycles. The van der Waals surface area contributed by atoms with Gasteiger partial charge in [-0.15, -0.1) is 5.10 Å². The van der Waals surface area contributed by atoms with Crippen molar-refractivity contribution in [1.82, 2.24) is 24.8 Å². The third-order valence-electron chi connectivity index (χ3n) is 4.29. The number of hydrogen-bond donors (Lipinski definition) is 1. The molecule has 4 aromatic rings. The van der Waals surface area contributed by atoms with Crippen LogP contribution in [-0.4, -0.2) is 30.7 Å². The predicted molar refractivity (Wildman–Crippen MR) is 98.0 cm³/mol. The molecule has 9 nitrogen and oxygen atoms in total. The number of anilines is 1. The van der Waals surface area contributed by atoms with E-state index < -0.39 is 11.8 Å². The van der Waals surface area contributed by atoms with Gasteiger partial charge in [0.2, 0.25) is 5.91 Å². The molecule has 0 aliphatic carbocycles. The average Bonchev–Trinajstić information content (AvgIpc) is 3.23. The van der Waals surface area contributed by atoms with Gasteiger partial charge in [-0.25, -0.2) is 9.48 Å². The van der Waals surface area contributed by atoms with Gasteiger partial charge in [-0.05, 0) is 41.6 Å². The van der Waals surface area contributed by atoms with Crippen LogP contribution in [0.2, 0.25) is 0 Å². The molecule has 0 spiro atoms. The van der Waals surface area contributed by atoms with Crippen molar-refractivity contribution in [2.45, 2.75) is 13.0 Å². The zero-order valence-corrected chi connectivity index (χ0v) is 14.7. The number of fused-ring (bicyclic) bond motifs is 1. The van der Waals surface area contributed by atoms with Crippen LogP contribution in [0.15, 0.2) is 57.7 Å². The molecule has 0 bridgehead atoms. The van der Waals surface area contributed by atoms with Crippen molar-refractivity contribution < 1.29 is 9.21 Å². The standard InChI is InChI=1S/C18H16N6O3/c1-11(24-14-8-3-4-9-15(14)27-18(24)26)17(25)19-13-7-5-6-12(10-13)16-20-21-22-23(16)2/h3-11H,1-2H3,(H,19,25). The van der Waals surface area contributed by atoms with Crippen LogP contribution in [0.1, 0.15) is 13.0 Å². The summed E-state index contributed by atoms with van der Waals surface area (Å²) in [7, 11) is 1.74. The zero-order chi connectivity index (χ0) is 19.0. The number of carbonyl (C=O) groups is 1. The Hall–Kier alpha value is -3.75. The van der Waals surface area contributed by atoms with E-state index in [0.29, 0.717) is 22.6 Å². The van der Waals surface area contributed by atoms with Gasteiger partial charge in [0.05, 0.1) is 5.52 Å². The van der Waals surface area contributed by atoms with Crippen LogP contribution < -0.4 is 11.1 Å². The van der Waals surface area contributed by atoms with E-state index in [-0.39, 0.29) is 5.91 Å². The van der Waals surface area contributed by atoms with E-state index in [1.807, 2.05) is 6.07 Å². The second-order valence-electron chi connectivity index (χ2n) is 6.08. The minimum Gasteiger partial charge on any atom is -0.408 e. The summed E-state index contributed by atoms with van der Waals surface area (Å²) in [6.45, 7) is 1.65. The Bertz CT molecular complexity index is 1190. The van der Waals surface area contributed by atoms with Crippen molar-refractivity contribution in [1.29, 1.82) is 0 Å². The van der Waals surface area contributed by atoms with Crippen LogP contribution in [0.4, 0.5) is 5.69 Å². The van der Waals surface area contributed by atoms with Gasteiger partial charge >= 0.3 is 5.76 Å². The fourth-order valence-corrected chi connectivity index (χ4v) is 2.92. The van der Waals surface area contributed by atoms with Crippen LogP contribution in [0.5, 0.6) is 0 Å². The highest BCUT2D eigenvalue weighted by Gasteiger charge is 2.21. The number of nitrogens with one attached hydrogen (secondary N) is 1. The Morgan fingerprint density at radius 2 is 2.00 bits per heavy atom. The molecular formula is C18H16N6O3. The molecular weight excluding hydrogens is 348 g/mol. The molecule has 0 aliphatic rings. The number of para-hydroxylation sites is 2. The Morgan fingerprint density at radius 3 is 2.78 bits per heavy atom. The summed E-state index contributed by atoms with van der Waals surface area (Å²) in [6, 6.07) is 13.4. The van der Waals surface area contributed by atoms with E-state index in [4.69, 9.17) is 4.42 Å². The quantitative estimate of drug-likeness (QED) is 0.593. The summed E-state index contributed by atoms with van der Waals surface area (Å²) in [4.78, 5) is 24.9. The number of benzene rings is 2. The number of aryl methyl sites for hydroxylation is 1. The number of amides is 1. The first-order chi connectivity index (χ1) is 13.0. The predicted octanol–water partition coefficient (Wildman–Crippen LogP) is 1.98. The van der Waals surface area contributed by atoms with Crippen molar-refractivity contribution in [2.24, 2.45) is 7.05 Å². The lowest BCUT2D eigenvalue weighted by molar-refractivity contribution is -0.118. The highest BCUT2D eigenvalue weighted by Crippen LogP contribution is 2.21. The van der Waals surface area contributed by atoms with E-state index in [1.54, 1.807) is 61.1 Å². The number of tetrazole rings is 1. The molecule has 2 heterocycles. The normalized spacial score (nSPS) is 12.2.